The summed E-state index contributed by atoms with van der Waals surface area (Å²) < 4.78 is 25.9. The lowest BCUT2D eigenvalue weighted by Gasteiger charge is -2.19. The molecule has 296 valence electrons. The molecule has 4 aromatic carbocycles. The first-order valence-electron chi connectivity index (χ1n) is 20.2. The molecule has 0 N–H and O–H groups in total. The van der Waals surface area contributed by atoms with Gasteiger partial charge in [0.2, 0.25) is 11.8 Å². The number of fused-ring (bicyclic) bond motifs is 3. The topological polar surface area (TPSA) is 88.5 Å². The maximum atomic E-state index is 6.76. The highest BCUT2D eigenvalue weighted by atomic mass is 16.5. The number of benzene rings is 4. The largest absolute Gasteiger partial charge is 0.457 e. The molecule has 0 aliphatic carbocycles. The van der Waals surface area contributed by atoms with Gasteiger partial charge in [0.15, 0.2) is 0 Å². The lowest BCUT2D eigenvalue weighted by molar-refractivity contribution is 0.444. The van der Waals surface area contributed by atoms with Gasteiger partial charge in [-0.15, -0.1) is 0 Å². The number of aryl methyl sites for hydroxylation is 2. The second-order valence-electron chi connectivity index (χ2n) is 17.0. The van der Waals surface area contributed by atoms with Crippen molar-refractivity contribution in [1.82, 2.24) is 19.9 Å². The van der Waals surface area contributed by atoms with Gasteiger partial charge in [-0.2, -0.15) is 0 Å². The van der Waals surface area contributed by atoms with Gasteiger partial charge in [-0.3, -0.25) is 9.97 Å². The summed E-state index contributed by atoms with van der Waals surface area (Å²) in [5.74, 6) is 5.68. The molecule has 0 saturated carbocycles. The standard InChI is InChI=1S/C50H49BN4O4/c1-30(2)39-14-10-37(58-47-22-32(5)18-20-52-47)26-45(39)56-35-12-16-41-42-17-13-36(25-44(42)51(43(41)24-35)49-54-28-34(29-55-49)50(7,8)9)57-46-27-38(11-15-40(46)31(3)4)59-48-23-33(6)19-21-53-48/h10-31H,1-9H3. The van der Waals surface area contributed by atoms with E-state index in [1.165, 1.54) is 0 Å². The summed E-state index contributed by atoms with van der Waals surface area (Å²) in [6.07, 6.45) is 7.40. The predicted molar refractivity (Wildman–Crippen MR) is 237 cm³/mol. The zero-order valence-electron chi connectivity index (χ0n) is 35.2. The van der Waals surface area contributed by atoms with E-state index >= 15 is 0 Å². The van der Waals surface area contributed by atoms with Gasteiger partial charge in [-0.05, 0) is 119 Å². The molecule has 0 amide bonds. The molecule has 9 heteroatoms. The van der Waals surface area contributed by atoms with E-state index in [-0.39, 0.29) is 24.0 Å². The number of hydrogen-bond acceptors (Lipinski definition) is 8. The van der Waals surface area contributed by atoms with Crippen LogP contribution >= 0.6 is 0 Å². The minimum absolute atomic E-state index is 0.0877. The number of aromatic nitrogens is 4. The summed E-state index contributed by atoms with van der Waals surface area (Å²) >= 11 is 0. The monoisotopic (exact) mass is 780 g/mol. The van der Waals surface area contributed by atoms with Crippen LogP contribution < -0.4 is 35.6 Å². The highest BCUT2D eigenvalue weighted by Crippen LogP contribution is 2.39. The minimum atomic E-state index is -0.264. The Morgan fingerprint density at radius 1 is 0.492 bits per heavy atom. The number of rotatable bonds is 11. The van der Waals surface area contributed by atoms with Gasteiger partial charge in [0.25, 0.3) is 6.71 Å². The molecule has 59 heavy (non-hydrogen) atoms. The Balaban J connectivity index is 1.16. The maximum absolute atomic E-state index is 6.76. The van der Waals surface area contributed by atoms with Gasteiger partial charge >= 0.3 is 0 Å². The Hall–Kier alpha value is -6.48. The van der Waals surface area contributed by atoms with Crippen molar-refractivity contribution >= 4 is 23.4 Å². The second kappa shape index (κ2) is 16.1. The summed E-state index contributed by atoms with van der Waals surface area (Å²) in [5.41, 5.74) is 10.3. The summed E-state index contributed by atoms with van der Waals surface area (Å²) in [6.45, 7) is 18.9. The van der Waals surface area contributed by atoms with Gasteiger partial charge in [-0.1, -0.05) is 83.7 Å². The fourth-order valence-electron chi connectivity index (χ4n) is 7.41. The summed E-state index contributed by atoms with van der Waals surface area (Å²) in [7, 11) is 0. The molecule has 0 radical (unpaired) electrons. The minimum Gasteiger partial charge on any atom is -0.457 e. The van der Waals surface area contributed by atoms with Crippen LogP contribution in [0.1, 0.15) is 88.1 Å². The molecule has 1 aliphatic rings. The van der Waals surface area contributed by atoms with Crippen LogP contribution in [0.25, 0.3) is 11.1 Å². The predicted octanol–water partition coefficient (Wildman–Crippen LogP) is 11.1. The first-order valence-corrected chi connectivity index (χ1v) is 20.2. The molecule has 0 fully saturated rings. The van der Waals surface area contributed by atoms with E-state index in [2.05, 4.69) is 94.8 Å². The number of nitrogens with zero attached hydrogens (tertiary/aromatic N) is 4. The maximum Gasteiger partial charge on any atom is 0.291 e. The van der Waals surface area contributed by atoms with Crippen molar-refractivity contribution in [3.63, 3.8) is 0 Å². The average Bonchev–Trinajstić information content (AvgIpc) is 3.50. The van der Waals surface area contributed by atoms with Gasteiger partial charge in [0.1, 0.15) is 34.5 Å². The summed E-state index contributed by atoms with van der Waals surface area (Å²) in [4.78, 5) is 18.8. The van der Waals surface area contributed by atoms with E-state index in [4.69, 9.17) is 28.9 Å². The van der Waals surface area contributed by atoms with Crippen LogP contribution in [0, 0.1) is 13.8 Å². The Labute approximate surface area is 347 Å². The quantitative estimate of drug-likeness (QED) is 0.120. The third-order valence-corrected chi connectivity index (χ3v) is 10.6. The van der Waals surface area contributed by atoms with Crippen molar-refractivity contribution in [2.24, 2.45) is 0 Å². The molecule has 4 heterocycles. The van der Waals surface area contributed by atoms with Crippen LogP contribution in [-0.4, -0.2) is 26.6 Å². The van der Waals surface area contributed by atoms with Gasteiger partial charge in [-0.25, -0.2) is 9.97 Å². The highest BCUT2D eigenvalue weighted by Gasteiger charge is 2.37. The van der Waals surface area contributed by atoms with Crippen molar-refractivity contribution in [2.75, 3.05) is 0 Å². The average molecular weight is 781 g/mol. The Bertz CT molecular complexity index is 2500. The molecular weight excluding hydrogens is 731 g/mol. The van der Waals surface area contributed by atoms with Crippen molar-refractivity contribution in [2.45, 2.75) is 79.6 Å². The van der Waals surface area contributed by atoms with Crippen molar-refractivity contribution in [1.29, 1.82) is 0 Å². The highest BCUT2D eigenvalue weighted by molar-refractivity contribution is 6.98. The molecule has 0 spiro atoms. The molecule has 8 rings (SSSR count). The molecule has 3 aromatic heterocycles. The van der Waals surface area contributed by atoms with Crippen LogP contribution in [0.3, 0.4) is 0 Å². The molecule has 0 bridgehead atoms. The third kappa shape index (κ3) is 8.56. The van der Waals surface area contributed by atoms with Gasteiger partial charge < -0.3 is 18.9 Å². The van der Waals surface area contributed by atoms with Crippen molar-refractivity contribution in [3.8, 4) is 57.4 Å². The molecule has 0 saturated heterocycles. The Kier molecular flexibility index (Phi) is 10.7. The first-order chi connectivity index (χ1) is 28.3. The van der Waals surface area contributed by atoms with Crippen LogP contribution in [-0.2, 0) is 5.41 Å². The fourth-order valence-corrected chi connectivity index (χ4v) is 7.41. The van der Waals surface area contributed by atoms with E-state index in [1.807, 2.05) is 86.9 Å². The normalized spacial score (nSPS) is 12.1. The van der Waals surface area contributed by atoms with Gasteiger partial charge in [0.05, 0.1) is 5.72 Å². The van der Waals surface area contributed by atoms with Crippen molar-refractivity contribution < 1.29 is 18.9 Å². The van der Waals surface area contributed by atoms with Crippen LogP contribution in [0.15, 0.2) is 122 Å². The molecule has 0 unspecified atom stereocenters. The number of ether oxygens (including phenoxy) is 4. The van der Waals surface area contributed by atoms with E-state index in [9.17, 15) is 0 Å². The van der Waals surface area contributed by atoms with Crippen LogP contribution in [0.2, 0.25) is 0 Å². The summed E-state index contributed by atoms with van der Waals surface area (Å²) in [6, 6.07) is 32.3. The molecule has 1 aliphatic heterocycles. The van der Waals surface area contributed by atoms with Crippen molar-refractivity contribution in [3.05, 3.63) is 150 Å². The van der Waals surface area contributed by atoms with E-state index in [0.717, 1.165) is 61.4 Å². The SMILES string of the molecule is Cc1ccnc(Oc2ccc(C(C)C)c(Oc3ccc4c(c3)B(c3ncc(C(C)(C)C)cn3)c3cc(Oc5cc(Oc6cc(C)ccn6)ccc5C(C)C)ccc3-4)c2)c1. The zero-order chi connectivity index (χ0) is 41.4. The molecular formula is C50H49BN4O4. The third-order valence-electron chi connectivity index (χ3n) is 10.6. The van der Waals surface area contributed by atoms with Gasteiger partial charge in [0, 0.05) is 49.1 Å². The lowest BCUT2D eigenvalue weighted by Crippen LogP contribution is -2.52. The molecule has 8 nitrogen and oxygen atoms in total. The molecule has 0 atom stereocenters. The fraction of sp³-hybridized carbons (Fsp3) is 0.240. The number of pyridine rings is 2. The number of hydrogen-bond donors (Lipinski definition) is 0. The summed E-state index contributed by atoms with van der Waals surface area (Å²) in [5, 5.41) is 0. The second-order valence-corrected chi connectivity index (χ2v) is 17.0. The van der Waals surface area contributed by atoms with E-state index < -0.39 is 0 Å². The molecule has 7 aromatic rings. The van der Waals surface area contributed by atoms with Crippen LogP contribution in [0.4, 0.5) is 0 Å². The zero-order valence-corrected chi connectivity index (χ0v) is 35.2. The Morgan fingerprint density at radius 3 is 1.32 bits per heavy atom. The first kappa shape index (κ1) is 39.4. The Morgan fingerprint density at radius 2 is 0.915 bits per heavy atom. The lowest BCUT2D eigenvalue weighted by atomic mass is 9.42. The van der Waals surface area contributed by atoms with E-state index in [0.29, 0.717) is 40.5 Å². The van der Waals surface area contributed by atoms with Crippen LogP contribution in [0.5, 0.6) is 46.3 Å². The smallest absolute Gasteiger partial charge is 0.291 e. The van der Waals surface area contributed by atoms with E-state index in [1.54, 1.807) is 12.4 Å².